The summed E-state index contributed by atoms with van der Waals surface area (Å²) in [6.07, 6.45) is 2.13. The van der Waals surface area contributed by atoms with Crippen LogP contribution in [0, 0.1) is 12.9 Å². The van der Waals surface area contributed by atoms with Crippen molar-refractivity contribution in [2.24, 2.45) is 0 Å². The van der Waals surface area contributed by atoms with E-state index in [1.165, 1.54) is 12.3 Å². The van der Waals surface area contributed by atoms with Crippen molar-refractivity contribution >= 4 is 11.6 Å². The maximum absolute atomic E-state index is 13.0. The van der Waals surface area contributed by atoms with Crippen LogP contribution in [0.3, 0.4) is 0 Å². The highest BCUT2D eigenvalue weighted by atomic mass is 19.1. The number of halogens is 1. The highest BCUT2D eigenvalue weighted by Crippen LogP contribution is 2.26. The van der Waals surface area contributed by atoms with Crippen molar-refractivity contribution in [3.8, 4) is 5.75 Å². The second-order valence-electron chi connectivity index (χ2n) is 4.67. The van der Waals surface area contributed by atoms with Crippen molar-refractivity contribution in [1.82, 2.24) is 4.98 Å². The lowest BCUT2D eigenvalue weighted by molar-refractivity contribution is 0.102. The number of benzene rings is 1. The quantitative estimate of drug-likeness (QED) is 0.856. The van der Waals surface area contributed by atoms with Gasteiger partial charge in [-0.1, -0.05) is 13.0 Å². The zero-order valence-electron chi connectivity index (χ0n) is 12.0. The van der Waals surface area contributed by atoms with Crippen LogP contribution in [0.2, 0.25) is 0 Å². The molecule has 0 saturated carbocycles. The van der Waals surface area contributed by atoms with Crippen molar-refractivity contribution in [3.05, 3.63) is 53.6 Å². The van der Waals surface area contributed by atoms with E-state index in [-0.39, 0.29) is 5.56 Å². The van der Waals surface area contributed by atoms with Crippen molar-refractivity contribution in [2.45, 2.75) is 20.3 Å². The topological polar surface area (TPSA) is 51.2 Å². The van der Waals surface area contributed by atoms with Crippen LogP contribution in [0.5, 0.6) is 5.75 Å². The first-order valence-corrected chi connectivity index (χ1v) is 6.76. The summed E-state index contributed by atoms with van der Waals surface area (Å²) < 4.78 is 18.7. The number of anilines is 1. The number of hydrogen-bond acceptors (Lipinski definition) is 3. The van der Waals surface area contributed by atoms with Gasteiger partial charge in [0.1, 0.15) is 5.75 Å². The fraction of sp³-hybridized carbons (Fsp3) is 0.250. The van der Waals surface area contributed by atoms with Gasteiger partial charge >= 0.3 is 0 Å². The van der Waals surface area contributed by atoms with Crippen LogP contribution in [0.15, 0.2) is 36.5 Å². The molecule has 0 unspecified atom stereocenters. The Labute approximate surface area is 123 Å². The zero-order valence-corrected chi connectivity index (χ0v) is 12.0. The van der Waals surface area contributed by atoms with Crippen LogP contribution in [-0.4, -0.2) is 17.5 Å². The Hall–Kier alpha value is -2.43. The predicted octanol–water partition coefficient (Wildman–Crippen LogP) is 3.57. The van der Waals surface area contributed by atoms with E-state index in [1.54, 1.807) is 6.07 Å². The number of nitrogens with one attached hydrogen (secondary N) is 1. The maximum Gasteiger partial charge on any atom is 0.255 e. The number of amides is 1. The average molecular weight is 288 g/mol. The minimum absolute atomic E-state index is 0.213. The lowest BCUT2D eigenvalue weighted by Crippen LogP contribution is -2.13. The number of rotatable bonds is 5. The van der Waals surface area contributed by atoms with Gasteiger partial charge in [-0.3, -0.25) is 4.79 Å². The SMILES string of the molecule is CCCOc1cc(C)ccc1NC(=O)c1ccnc(F)c1. The summed E-state index contributed by atoms with van der Waals surface area (Å²) in [5, 5.41) is 2.73. The Morgan fingerprint density at radius 3 is 2.86 bits per heavy atom. The molecule has 0 atom stereocenters. The second kappa shape index (κ2) is 6.83. The fourth-order valence-corrected chi connectivity index (χ4v) is 1.80. The van der Waals surface area contributed by atoms with Crippen molar-refractivity contribution in [2.75, 3.05) is 11.9 Å². The van der Waals surface area contributed by atoms with Gasteiger partial charge in [0.15, 0.2) is 0 Å². The third-order valence-electron chi connectivity index (χ3n) is 2.84. The normalized spacial score (nSPS) is 10.2. The third kappa shape index (κ3) is 4.02. The van der Waals surface area contributed by atoms with E-state index >= 15 is 0 Å². The summed E-state index contributed by atoms with van der Waals surface area (Å²) in [5.74, 6) is -0.477. The molecule has 4 nitrogen and oxygen atoms in total. The van der Waals surface area contributed by atoms with Gasteiger partial charge in [-0.25, -0.2) is 4.98 Å². The molecule has 1 amide bonds. The van der Waals surface area contributed by atoms with Crippen LogP contribution >= 0.6 is 0 Å². The first-order chi connectivity index (χ1) is 10.1. The van der Waals surface area contributed by atoms with Gasteiger partial charge in [-0.05, 0) is 37.1 Å². The average Bonchev–Trinajstić information content (AvgIpc) is 2.47. The molecule has 1 aromatic carbocycles. The molecular formula is C16H17FN2O2. The molecule has 2 aromatic rings. The van der Waals surface area contributed by atoms with Gasteiger partial charge in [-0.2, -0.15) is 4.39 Å². The zero-order chi connectivity index (χ0) is 15.2. The molecule has 5 heteroatoms. The van der Waals surface area contributed by atoms with Crippen LogP contribution in [-0.2, 0) is 0 Å². The second-order valence-corrected chi connectivity index (χ2v) is 4.67. The highest BCUT2D eigenvalue weighted by Gasteiger charge is 2.11. The van der Waals surface area contributed by atoms with Gasteiger partial charge in [0.05, 0.1) is 12.3 Å². The molecule has 0 radical (unpaired) electrons. The fourth-order valence-electron chi connectivity index (χ4n) is 1.80. The highest BCUT2D eigenvalue weighted by molar-refractivity contribution is 6.04. The molecule has 21 heavy (non-hydrogen) atoms. The van der Waals surface area contributed by atoms with Gasteiger partial charge in [-0.15, -0.1) is 0 Å². The van der Waals surface area contributed by atoms with Crippen LogP contribution < -0.4 is 10.1 Å². The maximum atomic E-state index is 13.0. The van der Waals surface area contributed by atoms with Crippen molar-refractivity contribution < 1.29 is 13.9 Å². The molecule has 0 bridgehead atoms. The summed E-state index contributed by atoms with van der Waals surface area (Å²) in [7, 11) is 0. The number of aryl methyl sites for hydroxylation is 1. The molecule has 0 aliphatic heterocycles. The van der Waals surface area contributed by atoms with Crippen LogP contribution in [0.4, 0.5) is 10.1 Å². The van der Waals surface area contributed by atoms with E-state index < -0.39 is 11.9 Å². The Kier molecular flexibility index (Phi) is 4.87. The number of carbonyl (C=O) groups is 1. The number of hydrogen-bond donors (Lipinski definition) is 1. The number of pyridine rings is 1. The van der Waals surface area contributed by atoms with Crippen molar-refractivity contribution in [1.29, 1.82) is 0 Å². The van der Waals surface area contributed by atoms with E-state index in [1.807, 2.05) is 26.0 Å². The van der Waals surface area contributed by atoms with E-state index in [4.69, 9.17) is 4.74 Å². The van der Waals surface area contributed by atoms with Gasteiger partial charge in [0, 0.05) is 17.8 Å². The standard InChI is InChI=1S/C16H17FN2O2/c1-3-8-21-14-9-11(2)4-5-13(14)19-16(20)12-6-7-18-15(17)10-12/h4-7,9-10H,3,8H2,1-2H3,(H,19,20). The summed E-state index contributed by atoms with van der Waals surface area (Å²) >= 11 is 0. The van der Waals surface area contributed by atoms with Gasteiger partial charge < -0.3 is 10.1 Å². The lowest BCUT2D eigenvalue weighted by atomic mass is 10.2. The molecule has 0 aliphatic rings. The molecule has 1 N–H and O–H groups in total. The molecule has 1 aromatic heterocycles. The van der Waals surface area contributed by atoms with E-state index in [9.17, 15) is 9.18 Å². The Morgan fingerprint density at radius 2 is 2.14 bits per heavy atom. The predicted molar refractivity (Wildman–Crippen MR) is 79.1 cm³/mol. The van der Waals surface area contributed by atoms with Gasteiger partial charge in [0.2, 0.25) is 5.95 Å². The number of aromatic nitrogens is 1. The first kappa shape index (κ1) is 15.0. The molecule has 2 rings (SSSR count). The molecule has 110 valence electrons. The molecule has 0 aliphatic carbocycles. The molecule has 1 heterocycles. The third-order valence-corrected chi connectivity index (χ3v) is 2.84. The summed E-state index contributed by atoms with van der Waals surface area (Å²) in [6, 6.07) is 8.06. The monoisotopic (exact) mass is 288 g/mol. The Morgan fingerprint density at radius 1 is 1.33 bits per heavy atom. The lowest BCUT2D eigenvalue weighted by Gasteiger charge is -2.13. The van der Waals surface area contributed by atoms with Crippen LogP contribution in [0.1, 0.15) is 29.3 Å². The van der Waals surface area contributed by atoms with Gasteiger partial charge in [0.25, 0.3) is 5.91 Å². The number of nitrogens with zero attached hydrogens (tertiary/aromatic N) is 1. The minimum atomic E-state index is -0.686. The molecule has 0 spiro atoms. The number of ether oxygens (including phenoxy) is 1. The molecule has 0 saturated heterocycles. The first-order valence-electron chi connectivity index (χ1n) is 6.76. The minimum Gasteiger partial charge on any atom is -0.491 e. The smallest absolute Gasteiger partial charge is 0.255 e. The van der Waals surface area contributed by atoms with Crippen molar-refractivity contribution in [3.63, 3.8) is 0 Å². The number of carbonyl (C=O) groups excluding carboxylic acids is 1. The van der Waals surface area contributed by atoms with E-state index in [0.29, 0.717) is 18.0 Å². The molecular weight excluding hydrogens is 271 g/mol. The van der Waals surface area contributed by atoms with E-state index in [0.717, 1.165) is 18.1 Å². The summed E-state index contributed by atoms with van der Waals surface area (Å²) in [5.41, 5.74) is 1.81. The summed E-state index contributed by atoms with van der Waals surface area (Å²) in [4.78, 5) is 15.5. The summed E-state index contributed by atoms with van der Waals surface area (Å²) in [6.45, 7) is 4.52. The van der Waals surface area contributed by atoms with Crippen LogP contribution in [0.25, 0.3) is 0 Å². The van der Waals surface area contributed by atoms with E-state index in [2.05, 4.69) is 10.3 Å². The largest absolute Gasteiger partial charge is 0.491 e. The molecule has 0 fully saturated rings. The Bertz CT molecular complexity index is 644. The Balaban J connectivity index is 2.20.